The molecule has 1 aliphatic heterocycles. The van der Waals surface area contributed by atoms with Gasteiger partial charge in [0.15, 0.2) is 0 Å². The standard InChI is InChI=1S/C18H27NO2/c1-18(2,3)15-9-6-14(7-10-15)8-11-17(20)19-13-16-5-4-12-21-16/h6-7,9-10,16H,4-5,8,11-13H2,1-3H3,(H,19,20)/t16-/m1/s1. The number of ether oxygens (including phenoxy) is 1. The average molecular weight is 289 g/mol. The van der Waals surface area contributed by atoms with Gasteiger partial charge >= 0.3 is 0 Å². The molecule has 116 valence electrons. The molecule has 1 N–H and O–H groups in total. The van der Waals surface area contributed by atoms with Crippen LogP contribution in [0.5, 0.6) is 0 Å². The summed E-state index contributed by atoms with van der Waals surface area (Å²) in [5, 5.41) is 2.97. The summed E-state index contributed by atoms with van der Waals surface area (Å²) in [5.41, 5.74) is 2.72. The lowest BCUT2D eigenvalue weighted by Gasteiger charge is -2.19. The molecule has 0 aromatic heterocycles. The summed E-state index contributed by atoms with van der Waals surface area (Å²) in [5.74, 6) is 0.116. The molecule has 1 aliphatic rings. The molecule has 2 rings (SSSR count). The van der Waals surface area contributed by atoms with Crippen LogP contribution in [0.1, 0.15) is 51.2 Å². The number of benzene rings is 1. The van der Waals surface area contributed by atoms with Crippen LogP contribution in [0.15, 0.2) is 24.3 Å². The number of rotatable bonds is 5. The van der Waals surface area contributed by atoms with Crippen LogP contribution < -0.4 is 5.32 Å². The number of nitrogens with one attached hydrogen (secondary N) is 1. The first-order chi connectivity index (χ1) is 9.95. The van der Waals surface area contributed by atoms with Gasteiger partial charge in [-0.3, -0.25) is 4.79 Å². The highest BCUT2D eigenvalue weighted by Crippen LogP contribution is 2.22. The predicted octanol–water partition coefficient (Wildman–Crippen LogP) is 3.21. The van der Waals surface area contributed by atoms with E-state index in [2.05, 4.69) is 50.4 Å². The van der Waals surface area contributed by atoms with E-state index in [0.29, 0.717) is 13.0 Å². The van der Waals surface area contributed by atoms with E-state index in [1.807, 2.05) is 0 Å². The maximum atomic E-state index is 11.8. The molecule has 0 bridgehead atoms. The predicted molar refractivity (Wildman–Crippen MR) is 85.4 cm³/mol. The van der Waals surface area contributed by atoms with Crippen LogP contribution >= 0.6 is 0 Å². The lowest BCUT2D eigenvalue weighted by Crippen LogP contribution is -2.31. The zero-order valence-electron chi connectivity index (χ0n) is 13.4. The van der Waals surface area contributed by atoms with Crippen LogP contribution in [0.4, 0.5) is 0 Å². The van der Waals surface area contributed by atoms with Crippen molar-refractivity contribution in [2.75, 3.05) is 13.2 Å². The van der Waals surface area contributed by atoms with Crippen molar-refractivity contribution in [1.29, 1.82) is 0 Å². The van der Waals surface area contributed by atoms with Gasteiger partial charge in [-0.05, 0) is 35.8 Å². The maximum absolute atomic E-state index is 11.8. The molecule has 3 heteroatoms. The van der Waals surface area contributed by atoms with Gasteiger partial charge < -0.3 is 10.1 Å². The van der Waals surface area contributed by atoms with E-state index in [1.165, 1.54) is 11.1 Å². The highest BCUT2D eigenvalue weighted by Gasteiger charge is 2.16. The minimum absolute atomic E-state index is 0.116. The third kappa shape index (κ3) is 5.16. The van der Waals surface area contributed by atoms with Crippen LogP contribution in [0, 0.1) is 0 Å². The van der Waals surface area contributed by atoms with Crippen molar-refractivity contribution in [2.45, 2.75) is 58.0 Å². The van der Waals surface area contributed by atoms with Gasteiger partial charge in [-0.25, -0.2) is 0 Å². The van der Waals surface area contributed by atoms with E-state index in [1.54, 1.807) is 0 Å². The second-order valence-electron chi connectivity index (χ2n) is 6.89. The zero-order chi connectivity index (χ0) is 15.3. The van der Waals surface area contributed by atoms with Crippen molar-refractivity contribution in [3.05, 3.63) is 35.4 Å². The Morgan fingerprint density at radius 2 is 2.00 bits per heavy atom. The van der Waals surface area contributed by atoms with Crippen LogP contribution in [-0.2, 0) is 21.4 Å². The summed E-state index contributed by atoms with van der Waals surface area (Å²) in [4.78, 5) is 11.8. The normalized spacial score (nSPS) is 18.7. The minimum Gasteiger partial charge on any atom is -0.376 e. The molecule has 1 aromatic carbocycles. The van der Waals surface area contributed by atoms with Gasteiger partial charge in [0, 0.05) is 19.6 Å². The van der Waals surface area contributed by atoms with Gasteiger partial charge in [-0.2, -0.15) is 0 Å². The Morgan fingerprint density at radius 3 is 2.57 bits per heavy atom. The first-order valence-electron chi connectivity index (χ1n) is 7.93. The van der Waals surface area contributed by atoms with Gasteiger partial charge in [0.25, 0.3) is 0 Å². The van der Waals surface area contributed by atoms with Crippen LogP contribution in [0.25, 0.3) is 0 Å². The SMILES string of the molecule is CC(C)(C)c1ccc(CCC(=O)NC[C@H]2CCCO2)cc1. The molecule has 1 fully saturated rings. The molecule has 0 radical (unpaired) electrons. The molecule has 1 atom stereocenters. The van der Waals surface area contributed by atoms with Crippen molar-refractivity contribution in [3.63, 3.8) is 0 Å². The van der Waals surface area contributed by atoms with Crippen molar-refractivity contribution < 1.29 is 9.53 Å². The summed E-state index contributed by atoms with van der Waals surface area (Å²) in [6.45, 7) is 8.12. The van der Waals surface area contributed by atoms with Gasteiger partial charge in [-0.15, -0.1) is 0 Å². The summed E-state index contributed by atoms with van der Waals surface area (Å²) in [6.07, 6.45) is 3.73. The molecule has 0 spiro atoms. The minimum atomic E-state index is 0.116. The van der Waals surface area contributed by atoms with Crippen molar-refractivity contribution >= 4 is 5.91 Å². The number of amides is 1. The van der Waals surface area contributed by atoms with E-state index in [0.717, 1.165) is 25.9 Å². The maximum Gasteiger partial charge on any atom is 0.220 e. The summed E-state index contributed by atoms with van der Waals surface area (Å²) in [6, 6.07) is 8.60. The summed E-state index contributed by atoms with van der Waals surface area (Å²) >= 11 is 0. The molecule has 0 aliphatic carbocycles. The molecule has 1 aromatic rings. The Morgan fingerprint density at radius 1 is 1.29 bits per heavy atom. The highest BCUT2D eigenvalue weighted by molar-refractivity contribution is 5.76. The van der Waals surface area contributed by atoms with Crippen molar-refractivity contribution in [2.24, 2.45) is 0 Å². The lowest BCUT2D eigenvalue weighted by atomic mass is 9.86. The Bertz CT molecular complexity index is 453. The molecule has 3 nitrogen and oxygen atoms in total. The summed E-state index contributed by atoms with van der Waals surface area (Å²) < 4.78 is 5.50. The lowest BCUT2D eigenvalue weighted by molar-refractivity contribution is -0.121. The molecule has 0 unspecified atom stereocenters. The zero-order valence-corrected chi connectivity index (χ0v) is 13.4. The molecule has 1 heterocycles. The van der Waals surface area contributed by atoms with E-state index in [4.69, 9.17) is 4.74 Å². The second kappa shape index (κ2) is 7.08. The summed E-state index contributed by atoms with van der Waals surface area (Å²) in [7, 11) is 0. The average Bonchev–Trinajstić information content (AvgIpc) is 2.95. The number of carbonyl (C=O) groups is 1. The Balaban J connectivity index is 1.73. The van der Waals surface area contributed by atoms with E-state index in [-0.39, 0.29) is 17.4 Å². The van der Waals surface area contributed by atoms with E-state index < -0.39 is 0 Å². The van der Waals surface area contributed by atoms with Gasteiger partial charge in [0.1, 0.15) is 0 Å². The largest absolute Gasteiger partial charge is 0.376 e. The topological polar surface area (TPSA) is 38.3 Å². The van der Waals surface area contributed by atoms with Crippen LogP contribution in [0.2, 0.25) is 0 Å². The number of hydrogen-bond donors (Lipinski definition) is 1. The fourth-order valence-electron chi connectivity index (χ4n) is 2.55. The van der Waals surface area contributed by atoms with Gasteiger partial charge in [0.05, 0.1) is 6.10 Å². The van der Waals surface area contributed by atoms with Gasteiger partial charge in [-0.1, -0.05) is 45.0 Å². The molecule has 1 saturated heterocycles. The van der Waals surface area contributed by atoms with Crippen molar-refractivity contribution in [3.8, 4) is 0 Å². The quantitative estimate of drug-likeness (QED) is 0.904. The van der Waals surface area contributed by atoms with Gasteiger partial charge in [0.2, 0.25) is 5.91 Å². The third-order valence-corrected chi connectivity index (χ3v) is 4.01. The second-order valence-corrected chi connectivity index (χ2v) is 6.89. The first kappa shape index (κ1) is 16.0. The smallest absolute Gasteiger partial charge is 0.220 e. The fourth-order valence-corrected chi connectivity index (χ4v) is 2.55. The molecule has 1 amide bonds. The highest BCUT2D eigenvalue weighted by atomic mass is 16.5. The number of hydrogen-bond acceptors (Lipinski definition) is 2. The molecule has 0 saturated carbocycles. The Kier molecular flexibility index (Phi) is 5.40. The Labute approximate surface area is 128 Å². The molecule has 21 heavy (non-hydrogen) atoms. The number of carbonyl (C=O) groups excluding carboxylic acids is 1. The first-order valence-corrected chi connectivity index (χ1v) is 7.93. The molecular formula is C18H27NO2. The van der Waals surface area contributed by atoms with E-state index in [9.17, 15) is 4.79 Å². The monoisotopic (exact) mass is 289 g/mol. The fraction of sp³-hybridized carbons (Fsp3) is 0.611. The number of aryl methyl sites for hydroxylation is 1. The van der Waals surface area contributed by atoms with Crippen molar-refractivity contribution in [1.82, 2.24) is 5.32 Å². The third-order valence-electron chi connectivity index (χ3n) is 4.01. The van der Waals surface area contributed by atoms with E-state index >= 15 is 0 Å². The van der Waals surface area contributed by atoms with Crippen LogP contribution in [0.3, 0.4) is 0 Å². The van der Waals surface area contributed by atoms with Crippen LogP contribution in [-0.4, -0.2) is 25.2 Å². The Hall–Kier alpha value is -1.35. The molecular weight excluding hydrogens is 262 g/mol.